The number of aromatic nitrogens is 1. The number of ketones is 1. The van der Waals surface area contributed by atoms with Gasteiger partial charge < -0.3 is 19.2 Å². The molecule has 1 fully saturated rings. The molecule has 0 bridgehead atoms. The second kappa shape index (κ2) is 11.4. The van der Waals surface area contributed by atoms with Crippen LogP contribution in [-0.4, -0.2) is 64.0 Å². The van der Waals surface area contributed by atoms with Crippen molar-refractivity contribution in [3.05, 3.63) is 100 Å². The van der Waals surface area contributed by atoms with Crippen molar-refractivity contribution in [2.75, 3.05) is 26.2 Å². The average molecular weight is 516 g/mol. The van der Waals surface area contributed by atoms with E-state index in [1.165, 1.54) is 4.90 Å². The number of fused-ring (bicyclic) bond motifs is 1. The number of hydrogen-bond acceptors (Lipinski definition) is 6. The van der Waals surface area contributed by atoms with E-state index in [-0.39, 0.29) is 18.2 Å². The molecule has 0 saturated carbocycles. The molecule has 9 nitrogen and oxygen atoms in total. The summed E-state index contributed by atoms with van der Waals surface area (Å²) in [5.74, 6) is 0.123. The summed E-state index contributed by atoms with van der Waals surface area (Å²) in [6, 6.07) is 22.3. The first-order valence-electron chi connectivity index (χ1n) is 12.6. The Morgan fingerprint density at radius 1 is 1.00 bits per heavy atom. The lowest BCUT2D eigenvalue weighted by molar-refractivity contribution is 0.0647. The molecule has 2 heterocycles. The van der Waals surface area contributed by atoms with E-state index in [2.05, 4.69) is 9.88 Å². The van der Waals surface area contributed by atoms with E-state index in [1.807, 2.05) is 54.6 Å². The van der Waals surface area contributed by atoms with Crippen molar-refractivity contribution in [3.63, 3.8) is 0 Å². The lowest BCUT2D eigenvalue weighted by atomic mass is 10.0. The summed E-state index contributed by atoms with van der Waals surface area (Å²) in [4.78, 5) is 42.3. The lowest BCUT2D eigenvalue weighted by Gasteiger charge is -2.40. The number of hydrogen-bond donors (Lipinski definition) is 2. The molecule has 1 saturated heterocycles. The van der Waals surface area contributed by atoms with Crippen molar-refractivity contribution in [2.24, 2.45) is 0 Å². The van der Waals surface area contributed by atoms with Gasteiger partial charge in [-0.1, -0.05) is 42.5 Å². The number of Topliss-reactive ketones (excluding diaryl/α,β-unsaturated/α-hetero) is 1. The summed E-state index contributed by atoms with van der Waals surface area (Å²) in [5, 5.41) is 9.79. The van der Waals surface area contributed by atoms with Crippen molar-refractivity contribution < 1.29 is 23.8 Å². The summed E-state index contributed by atoms with van der Waals surface area (Å²) >= 11 is 0. The van der Waals surface area contributed by atoms with Crippen molar-refractivity contribution in [1.82, 2.24) is 14.8 Å². The Bertz CT molecular complexity index is 1480. The standard InChI is InChI=1S/C29H29N3O6/c33-26(22-9-10-25-27(17-22)38-28(34)30-25)11-12-31-13-14-32(29(35)36)23(18-31)15-21-7-4-8-24(16-21)37-19-20-5-2-1-3-6-20/h1-10,16-17,23H,11-15,18-19H2,(H,30,34)(H,35,36). The van der Waals surface area contributed by atoms with Crippen LogP contribution in [0.2, 0.25) is 0 Å². The average Bonchev–Trinajstić information content (AvgIpc) is 3.30. The molecule has 3 aromatic carbocycles. The van der Waals surface area contributed by atoms with Gasteiger partial charge in [-0.3, -0.25) is 14.7 Å². The van der Waals surface area contributed by atoms with Crippen LogP contribution in [0.15, 0.2) is 82.0 Å². The minimum Gasteiger partial charge on any atom is -0.489 e. The highest BCUT2D eigenvalue weighted by Gasteiger charge is 2.30. The smallest absolute Gasteiger partial charge is 0.417 e. The van der Waals surface area contributed by atoms with Gasteiger partial charge in [-0.25, -0.2) is 9.59 Å². The zero-order valence-corrected chi connectivity index (χ0v) is 20.8. The topological polar surface area (TPSA) is 116 Å². The van der Waals surface area contributed by atoms with Crippen LogP contribution in [-0.2, 0) is 13.0 Å². The number of amides is 1. The van der Waals surface area contributed by atoms with Gasteiger partial charge in [0.2, 0.25) is 0 Å². The van der Waals surface area contributed by atoms with Gasteiger partial charge in [0.15, 0.2) is 11.4 Å². The minimum atomic E-state index is -0.941. The molecule has 1 aliphatic heterocycles. The van der Waals surface area contributed by atoms with Crippen LogP contribution >= 0.6 is 0 Å². The van der Waals surface area contributed by atoms with E-state index in [1.54, 1.807) is 18.2 Å². The van der Waals surface area contributed by atoms with Gasteiger partial charge in [-0.05, 0) is 47.9 Å². The second-order valence-electron chi connectivity index (χ2n) is 9.45. The van der Waals surface area contributed by atoms with Crippen LogP contribution in [0.1, 0.15) is 27.9 Å². The number of nitrogens with one attached hydrogen (secondary N) is 1. The number of ether oxygens (including phenoxy) is 1. The highest BCUT2D eigenvalue weighted by Crippen LogP contribution is 2.21. The molecular formula is C29H29N3O6. The second-order valence-corrected chi connectivity index (χ2v) is 9.45. The molecule has 0 radical (unpaired) electrons. The molecule has 9 heteroatoms. The first kappa shape index (κ1) is 25.3. The van der Waals surface area contributed by atoms with Crippen molar-refractivity contribution >= 4 is 23.0 Å². The van der Waals surface area contributed by atoms with E-state index in [0.29, 0.717) is 55.9 Å². The Hall–Kier alpha value is -4.37. The molecular weight excluding hydrogens is 486 g/mol. The molecule has 1 aliphatic rings. The quantitative estimate of drug-likeness (QED) is 0.321. The zero-order valence-electron chi connectivity index (χ0n) is 20.8. The molecule has 196 valence electrons. The summed E-state index contributed by atoms with van der Waals surface area (Å²) in [6.07, 6.45) is -0.117. The van der Waals surface area contributed by atoms with Gasteiger partial charge in [0.05, 0.1) is 11.6 Å². The predicted molar refractivity (Wildman–Crippen MR) is 142 cm³/mol. The number of benzene rings is 3. The lowest BCUT2D eigenvalue weighted by Crippen LogP contribution is -2.55. The molecule has 5 rings (SSSR count). The molecule has 0 aliphatic carbocycles. The van der Waals surface area contributed by atoms with Crippen LogP contribution < -0.4 is 10.5 Å². The maximum Gasteiger partial charge on any atom is 0.417 e. The monoisotopic (exact) mass is 515 g/mol. The Labute approximate surface area is 219 Å². The fraction of sp³-hybridized carbons (Fsp3) is 0.276. The third-order valence-electron chi connectivity index (χ3n) is 6.83. The number of nitrogens with zero attached hydrogens (tertiary/aromatic N) is 2. The van der Waals surface area contributed by atoms with Gasteiger partial charge >= 0.3 is 11.8 Å². The SMILES string of the molecule is O=C(CCN1CCN(C(=O)O)C(Cc2cccc(OCc3ccccc3)c2)C1)c1ccc2[nH]c(=O)oc2c1. The van der Waals surface area contributed by atoms with E-state index in [0.717, 1.165) is 16.9 Å². The number of piperazine rings is 1. The van der Waals surface area contributed by atoms with Crippen molar-refractivity contribution in [2.45, 2.75) is 25.5 Å². The first-order chi connectivity index (χ1) is 18.4. The zero-order chi connectivity index (χ0) is 26.5. The maximum atomic E-state index is 12.8. The van der Waals surface area contributed by atoms with Gasteiger partial charge in [0.25, 0.3) is 0 Å². The summed E-state index contributed by atoms with van der Waals surface area (Å²) in [5.41, 5.74) is 3.45. The third kappa shape index (κ3) is 6.12. The summed E-state index contributed by atoms with van der Waals surface area (Å²) in [6.45, 7) is 2.43. The van der Waals surface area contributed by atoms with E-state index >= 15 is 0 Å². The van der Waals surface area contributed by atoms with Gasteiger partial charge in [-0.15, -0.1) is 0 Å². The Morgan fingerprint density at radius 3 is 2.63 bits per heavy atom. The van der Waals surface area contributed by atoms with E-state index in [4.69, 9.17) is 9.15 Å². The number of carbonyl (C=O) groups is 2. The Morgan fingerprint density at radius 2 is 1.82 bits per heavy atom. The number of oxazole rings is 1. The van der Waals surface area contributed by atoms with Crippen LogP contribution in [0, 0.1) is 0 Å². The fourth-order valence-electron chi connectivity index (χ4n) is 4.85. The van der Waals surface area contributed by atoms with Gasteiger partial charge in [0, 0.05) is 38.2 Å². The van der Waals surface area contributed by atoms with Gasteiger partial charge in [0.1, 0.15) is 12.4 Å². The highest BCUT2D eigenvalue weighted by molar-refractivity contribution is 5.98. The molecule has 1 aromatic heterocycles. The largest absolute Gasteiger partial charge is 0.489 e. The number of aromatic amines is 1. The van der Waals surface area contributed by atoms with Gasteiger partial charge in [-0.2, -0.15) is 0 Å². The predicted octanol–water partition coefficient (Wildman–Crippen LogP) is 4.18. The Kier molecular flexibility index (Phi) is 7.55. The first-order valence-corrected chi connectivity index (χ1v) is 12.6. The van der Waals surface area contributed by atoms with E-state index in [9.17, 15) is 19.5 Å². The molecule has 38 heavy (non-hydrogen) atoms. The molecule has 1 unspecified atom stereocenters. The molecule has 0 spiro atoms. The third-order valence-corrected chi connectivity index (χ3v) is 6.83. The minimum absolute atomic E-state index is 0.0590. The van der Waals surface area contributed by atoms with Crippen LogP contribution in [0.3, 0.4) is 0 Å². The normalized spacial score (nSPS) is 16.0. The number of H-pyrrole nitrogens is 1. The highest BCUT2D eigenvalue weighted by atomic mass is 16.5. The number of rotatable bonds is 9. The van der Waals surface area contributed by atoms with Crippen LogP contribution in [0.25, 0.3) is 11.1 Å². The van der Waals surface area contributed by atoms with Crippen molar-refractivity contribution in [1.29, 1.82) is 0 Å². The molecule has 1 atom stereocenters. The fourth-order valence-corrected chi connectivity index (χ4v) is 4.85. The molecule has 1 amide bonds. The summed E-state index contributed by atoms with van der Waals surface area (Å²) < 4.78 is 11.0. The number of carbonyl (C=O) groups excluding carboxylic acids is 1. The molecule has 4 aromatic rings. The number of carboxylic acid groups (broad SMARTS) is 1. The van der Waals surface area contributed by atoms with Crippen LogP contribution in [0.5, 0.6) is 5.75 Å². The van der Waals surface area contributed by atoms with Crippen molar-refractivity contribution in [3.8, 4) is 5.75 Å². The van der Waals surface area contributed by atoms with E-state index < -0.39 is 11.8 Å². The van der Waals surface area contributed by atoms with Crippen LogP contribution in [0.4, 0.5) is 4.79 Å². The summed E-state index contributed by atoms with van der Waals surface area (Å²) in [7, 11) is 0. The maximum absolute atomic E-state index is 12.8. The molecule has 2 N–H and O–H groups in total. The Balaban J connectivity index is 1.20.